The number of hydrogen-bond acceptors (Lipinski definition) is 14. The first-order valence-corrected chi connectivity index (χ1v) is 31.3. The first-order chi connectivity index (χ1) is 38.5. The van der Waals surface area contributed by atoms with Crippen LogP contribution in [0.1, 0.15) is 85.5 Å². The Bertz CT molecular complexity index is 3360. The van der Waals surface area contributed by atoms with E-state index in [1.807, 2.05) is 47.2 Å². The number of thioether (sulfide) groups is 1. The molecule has 5 aromatic rings. The molecule has 15 nitrogen and oxygen atoms in total. The number of sulfonamides is 1. The number of allylic oxidation sites excluding steroid dienone is 1. The van der Waals surface area contributed by atoms with Gasteiger partial charge in [0, 0.05) is 117 Å². The molecule has 432 valence electrons. The van der Waals surface area contributed by atoms with Crippen molar-refractivity contribution in [3.63, 3.8) is 0 Å². The van der Waals surface area contributed by atoms with Gasteiger partial charge in [-0.05, 0) is 121 Å². The van der Waals surface area contributed by atoms with Crippen molar-refractivity contribution in [2.24, 2.45) is 5.41 Å². The van der Waals surface area contributed by atoms with E-state index in [9.17, 15) is 44.4 Å². The number of carbonyl (C=O) groups excluding carboxylic acids is 3. The molecule has 3 N–H and O–H groups in total. The summed E-state index contributed by atoms with van der Waals surface area (Å²) in [6.45, 7) is 11.6. The number of alkyl halides is 3. The van der Waals surface area contributed by atoms with Crippen LogP contribution in [0.5, 0.6) is 0 Å². The fourth-order valence-electron chi connectivity index (χ4n) is 10.9. The molecular formula is C58H65ClF4N8O7S3. The Kier molecular flexibility index (Phi) is 18.7. The van der Waals surface area contributed by atoms with E-state index in [0.29, 0.717) is 75.6 Å². The number of piperazine rings is 2. The topological polar surface area (TPSA) is 181 Å². The minimum absolute atomic E-state index is 0.0325. The fraction of sp³-hybridized carbons (Fsp3) is 0.414. The SMILES string of the molecule is CC1(C)CCC(c2ccc(Cl)cc2)=C(CN2CCN(c3ccc(C(=O)NS(=O)(=O)c4ccc(N[C@H](CCN5CCN(Cc6ccc(C7CCC(=O)NC7=O)c(F)n6)CC5)CSc5ccccc5)c(S(=O)(=O)C(F)(F)F)c4)cc3)CC2)C1. The third-order valence-corrected chi connectivity index (χ3v) is 19.8. The van der Waals surface area contributed by atoms with Crippen molar-refractivity contribution in [3.8, 4) is 0 Å². The van der Waals surface area contributed by atoms with Crippen molar-refractivity contribution in [2.45, 2.75) is 91.1 Å². The zero-order valence-corrected chi connectivity index (χ0v) is 48.2. The number of nitrogens with one attached hydrogen (secondary N) is 3. The average molecular weight is 1190 g/mol. The zero-order valence-electron chi connectivity index (χ0n) is 45.0. The number of anilines is 2. The Hall–Kier alpha value is -5.88. The van der Waals surface area contributed by atoms with Gasteiger partial charge in [0.2, 0.25) is 17.8 Å². The highest BCUT2D eigenvalue weighted by molar-refractivity contribution is 7.99. The number of imide groups is 1. The highest BCUT2D eigenvalue weighted by Gasteiger charge is 2.48. The second-order valence-electron chi connectivity index (χ2n) is 21.8. The quantitative estimate of drug-likeness (QED) is 0.0308. The van der Waals surface area contributed by atoms with E-state index in [1.54, 1.807) is 18.2 Å². The van der Waals surface area contributed by atoms with Crippen LogP contribution in [0.15, 0.2) is 129 Å². The molecule has 0 bridgehead atoms. The number of piperidine rings is 1. The lowest BCUT2D eigenvalue weighted by Gasteiger charge is -2.39. The first kappa shape index (κ1) is 59.7. The molecule has 1 unspecified atom stereocenters. The summed E-state index contributed by atoms with van der Waals surface area (Å²) in [5, 5.41) is 5.95. The largest absolute Gasteiger partial charge is 0.501 e. The van der Waals surface area contributed by atoms with Gasteiger partial charge in [-0.15, -0.1) is 11.8 Å². The molecule has 4 aromatic carbocycles. The summed E-state index contributed by atoms with van der Waals surface area (Å²) >= 11 is 7.61. The summed E-state index contributed by atoms with van der Waals surface area (Å²) in [6.07, 6.45) is 3.75. The van der Waals surface area contributed by atoms with E-state index in [0.717, 1.165) is 61.6 Å². The highest BCUT2D eigenvalue weighted by atomic mass is 35.5. The lowest BCUT2D eigenvalue weighted by molar-refractivity contribution is -0.134. The molecule has 0 radical (unpaired) electrons. The van der Waals surface area contributed by atoms with Crippen LogP contribution in [0.4, 0.5) is 28.9 Å². The number of sulfone groups is 1. The molecule has 1 aromatic heterocycles. The number of pyridine rings is 1. The molecular weight excluding hydrogens is 1130 g/mol. The summed E-state index contributed by atoms with van der Waals surface area (Å²) in [5.74, 6) is -3.29. The maximum Gasteiger partial charge on any atom is 0.501 e. The monoisotopic (exact) mass is 1190 g/mol. The third-order valence-electron chi connectivity index (χ3n) is 15.5. The van der Waals surface area contributed by atoms with Gasteiger partial charge in [0.1, 0.15) is 4.90 Å². The lowest BCUT2D eigenvalue weighted by Crippen LogP contribution is -2.47. The number of benzene rings is 4. The number of rotatable bonds is 19. The second kappa shape index (κ2) is 25.3. The Labute approximate surface area is 479 Å². The van der Waals surface area contributed by atoms with Gasteiger partial charge >= 0.3 is 5.51 Å². The molecule has 3 aliphatic heterocycles. The van der Waals surface area contributed by atoms with E-state index in [2.05, 4.69) is 61.2 Å². The summed E-state index contributed by atoms with van der Waals surface area (Å²) in [5.41, 5.74) is -0.665. The Balaban J connectivity index is 0.829. The van der Waals surface area contributed by atoms with Crippen molar-refractivity contribution < 1.29 is 48.8 Å². The van der Waals surface area contributed by atoms with Gasteiger partial charge in [-0.2, -0.15) is 17.6 Å². The van der Waals surface area contributed by atoms with Crippen LogP contribution >= 0.6 is 23.4 Å². The van der Waals surface area contributed by atoms with Crippen molar-refractivity contribution in [1.82, 2.24) is 29.7 Å². The molecule has 3 amide bonds. The predicted molar refractivity (Wildman–Crippen MR) is 306 cm³/mol. The van der Waals surface area contributed by atoms with E-state index in [1.165, 1.54) is 46.7 Å². The molecule has 4 aliphatic rings. The van der Waals surface area contributed by atoms with Crippen molar-refractivity contribution in [2.75, 3.05) is 81.4 Å². The van der Waals surface area contributed by atoms with Crippen LogP contribution in [0.25, 0.3) is 5.57 Å². The zero-order chi connectivity index (χ0) is 57.7. The van der Waals surface area contributed by atoms with Crippen molar-refractivity contribution >= 4 is 77.9 Å². The number of aromatic nitrogens is 1. The Morgan fingerprint density at radius 1 is 0.827 bits per heavy atom. The second-order valence-corrected chi connectivity index (χ2v) is 27.0. The maximum atomic E-state index is 15.2. The first-order valence-electron chi connectivity index (χ1n) is 27.0. The Morgan fingerprint density at radius 2 is 1.49 bits per heavy atom. The number of hydrogen-bond donors (Lipinski definition) is 3. The maximum absolute atomic E-state index is 15.2. The van der Waals surface area contributed by atoms with Crippen molar-refractivity contribution in [3.05, 3.63) is 148 Å². The van der Waals surface area contributed by atoms with Crippen LogP contribution in [0, 0.1) is 11.4 Å². The molecule has 3 saturated heterocycles. The third kappa shape index (κ3) is 15.0. The molecule has 9 rings (SSSR count). The van der Waals surface area contributed by atoms with E-state index in [4.69, 9.17) is 11.6 Å². The smallest absolute Gasteiger partial charge is 0.380 e. The van der Waals surface area contributed by atoms with Crippen molar-refractivity contribution in [1.29, 1.82) is 0 Å². The van der Waals surface area contributed by atoms with Crippen LogP contribution in [-0.4, -0.2) is 137 Å². The van der Waals surface area contributed by atoms with Gasteiger partial charge in [-0.1, -0.05) is 67.4 Å². The van der Waals surface area contributed by atoms with Gasteiger partial charge in [-0.25, -0.2) is 26.5 Å². The lowest BCUT2D eigenvalue weighted by atomic mass is 9.73. The molecule has 4 heterocycles. The van der Waals surface area contributed by atoms with E-state index < -0.39 is 76.5 Å². The van der Waals surface area contributed by atoms with Gasteiger partial charge in [0.25, 0.3) is 25.8 Å². The van der Waals surface area contributed by atoms with Gasteiger partial charge in [0.05, 0.1) is 22.2 Å². The highest BCUT2D eigenvalue weighted by Crippen LogP contribution is 2.43. The average Bonchev–Trinajstić information content (AvgIpc) is 3.54. The minimum atomic E-state index is -6.15. The number of amides is 3. The summed E-state index contributed by atoms with van der Waals surface area (Å²) in [6, 6.07) is 28.6. The molecule has 81 heavy (non-hydrogen) atoms. The molecule has 2 atom stereocenters. The number of nitrogens with zero attached hydrogens (tertiary/aromatic N) is 5. The standard InChI is InChI=1S/C58H65ClF4N8O7S3/c1-57(2)24-22-48(39-8-12-42(59)13-9-39)41(35-57)36-69-30-32-71(33-31-69)45-15-10-40(11-16-45)55(73)67-81(77,78)47-17-20-51(52(34-47)80(75,76)58(61,62)63)64-44(38-79-46-6-4-3-5-7-46)23-25-68-26-28-70(29-27-68)37-43-14-18-49(54(60)65-43)50-19-21-53(72)66-56(50)74/h3-18,20,34,44,50,64H,19,21-33,35-38H2,1-2H3,(H,67,73)(H,66,72,74)/t44-,50?/m1/s1. The molecule has 0 spiro atoms. The number of carbonyl (C=O) groups is 3. The van der Waals surface area contributed by atoms with Crippen LogP contribution < -0.4 is 20.3 Å². The summed E-state index contributed by atoms with van der Waals surface area (Å²) in [7, 11) is -11.1. The molecule has 23 heteroatoms. The number of halogens is 5. The van der Waals surface area contributed by atoms with E-state index in [-0.39, 0.29) is 35.1 Å². The van der Waals surface area contributed by atoms with Crippen LogP contribution in [0.2, 0.25) is 5.02 Å². The van der Waals surface area contributed by atoms with Crippen LogP contribution in [0.3, 0.4) is 0 Å². The van der Waals surface area contributed by atoms with E-state index >= 15 is 4.39 Å². The molecule has 0 saturated carbocycles. The molecule has 1 aliphatic carbocycles. The minimum Gasteiger partial charge on any atom is -0.380 e. The summed E-state index contributed by atoms with van der Waals surface area (Å²) in [4.78, 5) is 49.1. The Morgan fingerprint density at radius 3 is 2.16 bits per heavy atom. The summed E-state index contributed by atoms with van der Waals surface area (Å²) < 4.78 is 115. The van der Waals surface area contributed by atoms with Crippen LogP contribution in [-0.2, 0) is 36.0 Å². The van der Waals surface area contributed by atoms with Gasteiger partial charge < -0.3 is 15.1 Å². The van der Waals surface area contributed by atoms with Gasteiger partial charge in [-0.3, -0.25) is 29.5 Å². The molecule has 3 fully saturated rings. The van der Waals surface area contributed by atoms with Gasteiger partial charge in [0.15, 0.2) is 0 Å². The fourth-order valence-corrected chi connectivity index (χ4v) is 14.0. The normalized spacial score (nSPS) is 19.3. The predicted octanol–water partition coefficient (Wildman–Crippen LogP) is 9.37.